The molecule has 0 aromatic heterocycles. The van der Waals surface area contributed by atoms with Crippen LogP contribution in [0.15, 0.2) is 11.6 Å². The second-order valence-corrected chi connectivity index (χ2v) is 8.43. The first kappa shape index (κ1) is 15.1. The lowest BCUT2D eigenvalue weighted by Crippen LogP contribution is -2.48. The highest BCUT2D eigenvalue weighted by Crippen LogP contribution is 2.62. The molecular weight excluding hydrogens is 260 g/mol. The SMILES string of the molecule is CC(=O)O[C@H]1C=C2[C@H](CC1)CC[C@H]1C(C)(C)CCC[C@]21C. The number of fused-ring (bicyclic) bond motifs is 3. The highest BCUT2D eigenvalue weighted by molar-refractivity contribution is 5.66. The average molecular weight is 290 g/mol. The topological polar surface area (TPSA) is 26.3 Å². The molecule has 4 atom stereocenters. The Morgan fingerprint density at radius 2 is 1.86 bits per heavy atom. The molecule has 0 aliphatic heterocycles. The lowest BCUT2D eigenvalue weighted by Gasteiger charge is -2.57. The van der Waals surface area contributed by atoms with Crippen LogP contribution in [0.4, 0.5) is 0 Å². The molecule has 21 heavy (non-hydrogen) atoms. The molecule has 0 bridgehead atoms. The summed E-state index contributed by atoms with van der Waals surface area (Å²) in [6.45, 7) is 8.94. The Hall–Kier alpha value is -0.790. The third kappa shape index (κ3) is 2.55. The van der Waals surface area contributed by atoms with Crippen LogP contribution < -0.4 is 0 Å². The van der Waals surface area contributed by atoms with E-state index in [1.54, 1.807) is 5.57 Å². The van der Waals surface area contributed by atoms with Gasteiger partial charge >= 0.3 is 5.97 Å². The van der Waals surface area contributed by atoms with Crippen LogP contribution in [0.1, 0.15) is 72.6 Å². The van der Waals surface area contributed by atoms with Gasteiger partial charge in [-0.3, -0.25) is 4.79 Å². The monoisotopic (exact) mass is 290 g/mol. The minimum Gasteiger partial charge on any atom is -0.458 e. The summed E-state index contributed by atoms with van der Waals surface area (Å²) in [5.41, 5.74) is 2.42. The van der Waals surface area contributed by atoms with Crippen molar-refractivity contribution in [3.63, 3.8) is 0 Å². The fourth-order valence-corrected chi connectivity index (χ4v) is 5.75. The van der Waals surface area contributed by atoms with Crippen molar-refractivity contribution < 1.29 is 9.53 Å². The molecule has 0 spiro atoms. The van der Waals surface area contributed by atoms with Gasteiger partial charge in [0.05, 0.1) is 0 Å². The Labute approximate surface area is 129 Å². The van der Waals surface area contributed by atoms with Crippen LogP contribution in [0.25, 0.3) is 0 Å². The summed E-state index contributed by atoms with van der Waals surface area (Å²) in [7, 11) is 0. The maximum atomic E-state index is 11.3. The van der Waals surface area contributed by atoms with Crippen LogP contribution in [-0.4, -0.2) is 12.1 Å². The van der Waals surface area contributed by atoms with E-state index in [0.717, 1.165) is 18.3 Å². The molecular formula is C19H30O2. The van der Waals surface area contributed by atoms with E-state index in [9.17, 15) is 4.79 Å². The number of hydrogen-bond donors (Lipinski definition) is 0. The van der Waals surface area contributed by atoms with Gasteiger partial charge < -0.3 is 4.74 Å². The van der Waals surface area contributed by atoms with E-state index in [1.165, 1.54) is 45.4 Å². The molecule has 3 rings (SSSR count). The first-order valence-electron chi connectivity index (χ1n) is 8.72. The third-order valence-electron chi connectivity index (χ3n) is 6.62. The van der Waals surface area contributed by atoms with Gasteiger partial charge in [-0.15, -0.1) is 0 Å². The molecule has 118 valence electrons. The molecule has 2 fully saturated rings. The quantitative estimate of drug-likeness (QED) is 0.508. The fourth-order valence-electron chi connectivity index (χ4n) is 5.75. The van der Waals surface area contributed by atoms with Crippen LogP contribution in [0.3, 0.4) is 0 Å². The summed E-state index contributed by atoms with van der Waals surface area (Å²) in [4.78, 5) is 11.3. The first-order chi connectivity index (χ1) is 9.83. The smallest absolute Gasteiger partial charge is 0.303 e. The zero-order valence-electron chi connectivity index (χ0n) is 14.1. The molecule has 0 aromatic carbocycles. The van der Waals surface area contributed by atoms with Gasteiger partial charge in [0.15, 0.2) is 0 Å². The van der Waals surface area contributed by atoms with Gasteiger partial charge in [0.25, 0.3) is 0 Å². The molecule has 0 amide bonds. The van der Waals surface area contributed by atoms with E-state index in [2.05, 4.69) is 26.8 Å². The second kappa shape index (κ2) is 5.14. The molecule has 0 saturated heterocycles. The summed E-state index contributed by atoms with van der Waals surface area (Å²) in [6.07, 6.45) is 11.3. The number of allylic oxidation sites excluding steroid dienone is 1. The van der Waals surface area contributed by atoms with Crippen LogP contribution in [-0.2, 0) is 9.53 Å². The number of carbonyl (C=O) groups excluding carboxylic acids is 1. The Balaban J connectivity index is 1.93. The molecule has 0 heterocycles. The summed E-state index contributed by atoms with van der Waals surface area (Å²) in [6, 6.07) is 0. The second-order valence-electron chi connectivity index (χ2n) is 8.43. The van der Waals surface area contributed by atoms with E-state index in [-0.39, 0.29) is 12.1 Å². The predicted molar refractivity (Wildman–Crippen MR) is 84.8 cm³/mol. The molecule has 2 heteroatoms. The van der Waals surface area contributed by atoms with Gasteiger partial charge in [-0.2, -0.15) is 0 Å². The third-order valence-corrected chi connectivity index (χ3v) is 6.62. The van der Waals surface area contributed by atoms with Crippen molar-refractivity contribution in [1.29, 1.82) is 0 Å². The minimum absolute atomic E-state index is 0.0226. The van der Waals surface area contributed by atoms with Crippen molar-refractivity contribution in [2.75, 3.05) is 0 Å². The van der Waals surface area contributed by atoms with E-state index in [0.29, 0.717) is 10.8 Å². The van der Waals surface area contributed by atoms with Gasteiger partial charge in [-0.1, -0.05) is 32.8 Å². The highest BCUT2D eigenvalue weighted by atomic mass is 16.5. The molecule has 0 unspecified atom stereocenters. The Kier molecular flexibility index (Phi) is 3.70. The van der Waals surface area contributed by atoms with Crippen LogP contribution >= 0.6 is 0 Å². The molecule has 0 radical (unpaired) electrons. The van der Waals surface area contributed by atoms with E-state index in [1.807, 2.05) is 0 Å². The summed E-state index contributed by atoms with van der Waals surface area (Å²) in [5, 5.41) is 0. The minimum atomic E-state index is -0.142. The normalized spacial score (nSPS) is 41.5. The number of carbonyl (C=O) groups is 1. The fraction of sp³-hybridized carbons (Fsp3) is 0.842. The molecule has 2 saturated carbocycles. The van der Waals surface area contributed by atoms with Gasteiger partial charge in [0.1, 0.15) is 6.10 Å². The molecule has 0 aromatic rings. The van der Waals surface area contributed by atoms with Gasteiger partial charge in [0, 0.05) is 6.92 Å². The van der Waals surface area contributed by atoms with Crippen molar-refractivity contribution in [2.45, 2.75) is 78.7 Å². The lowest BCUT2D eigenvalue weighted by molar-refractivity contribution is -0.145. The zero-order chi connectivity index (χ0) is 15.3. The number of rotatable bonds is 1. The summed E-state index contributed by atoms with van der Waals surface area (Å²) < 4.78 is 5.50. The summed E-state index contributed by atoms with van der Waals surface area (Å²) in [5.74, 6) is 1.39. The number of hydrogen-bond acceptors (Lipinski definition) is 2. The van der Waals surface area contributed by atoms with Crippen LogP contribution in [0, 0.1) is 22.7 Å². The Morgan fingerprint density at radius 3 is 2.57 bits per heavy atom. The maximum absolute atomic E-state index is 11.3. The van der Waals surface area contributed by atoms with E-state index >= 15 is 0 Å². The van der Waals surface area contributed by atoms with E-state index in [4.69, 9.17) is 4.74 Å². The lowest BCUT2D eigenvalue weighted by atomic mass is 9.47. The van der Waals surface area contributed by atoms with Crippen molar-refractivity contribution in [3.8, 4) is 0 Å². The summed E-state index contributed by atoms with van der Waals surface area (Å²) >= 11 is 0. The number of ether oxygens (including phenoxy) is 1. The average Bonchev–Trinajstić information content (AvgIpc) is 2.37. The van der Waals surface area contributed by atoms with E-state index < -0.39 is 0 Å². The van der Waals surface area contributed by atoms with Crippen molar-refractivity contribution in [3.05, 3.63) is 11.6 Å². The van der Waals surface area contributed by atoms with Crippen molar-refractivity contribution in [2.24, 2.45) is 22.7 Å². The Morgan fingerprint density at radius 1 is 1.14 bits per heavy atom. The number of esters is 1. The van der Waals surface area contributed by atoms with Gasteiger partial charge in [0.2, 0.25) is 0 Å². The molecule has 3 aliphatic carbocycles. The highest BCUT2D eigenvalue weighted by Gasteiger charge is 2.52. The van der Waals surface area contributed by atoms with Crippen LogP contribution in [0.2, 0.25) is 0 Å². The van der Waals surface area contributed by atoms with Crippen molar-refractivity contribution in [1.82, 2.24) is 0 Å². The largest absolute Gasteiger partial charge is 0.458 e. The zero-order valence-corrected chi connectivity index (χ0v) is 14.1. The van der Waals surface area contributed by atoms with Crippen molar-refractivity contribution >= 4 is 5.97 Å². The first-order valence-corrected chi connectivity index (χ1v) is 8.72. The maximum Gasteiger partial charge on any atom is 0.303 e. The Bertz CT molecular complexity index is 462. The van der Waals surface area contributed by atoms with Gasteiger partial charge in [-0.25, -0.2) is 0 Å². The molecule has 0 N–H and O–H groups in total. The van der Waals surface area contributed by atoms with Crippen LogP contribution in [0.5, 0.6) is 0 Å². The molecule has 2 nitrogen and oxygen atoms in total. The standard InChI is InChI=1S/C19H30O2/c1-13(20)21-15-8-6-14-7-9-17-18(2,3)10-5-11-19(17,4)16(14)12-15/h12,14-15,17H,5-11H2,1-4H3/t14-,15-,17+,19-/m1/s1. The molecule has 3 aliphatic rings. The van der Waals surface area contributed by atoms with Gasteiger partial charge in [-0.05, 0) is 67.3 Å². The predicted octanol–water partition coefficient (Wildman–Crippen LogP) is 4.88.